The lowest BCUT2D eigenvalue weighted by atomic mass is 10.1. The lowest BCUT2D eigenvalue weighted by molar-refractivity contribution is 0.00722. The van der Waals surface area contributed by atoms with Crippen LogP contribution in [0.3, 0.4) is 0 Å². The van der Waals surface area contributed by atoms with Crippen molar-refractivity contribution in [1.82, 2.24) is 4.37 Å². The van der Waals surface area contributed by atoms with Crippen molar-refractivity contribution in [2.45, 2.75) is 33.3 Å². The number of anilines is 1. The van der Waals surface area contributed by atoms with Gasteiger partial charge in [-0.05, 0) is 62.5 Å². The normalized spacial score (nSPS) is 11.3. The van der Waals surface area contributed by atoms with E-state index in [4.69, 9.17) is 4.74 Å². The lowest BCUT2D eigenvalue weighted by Crippen LogP contribution is -2.25. The number of rotatable bonds is 4. The van der Waals surface area contributed by atoms with E-state index in [0.717, 1.165) is 32.0 Å². The first-order valence-electron chi connectivity index (χ1n) is 8.49. The molecule has 0 aliphatic rings. The van der Waals surface area contributed by atoms with Gasteiger partial charge in [-0.2, -0.15) is 0 Å². The number of hydrogen-bond acceptors (Lipinski definition) is 6. The molecule has 0 radical (unpaired) electrons. The minimum absolute atomic E-state index is 0.287. The Kier molecular flexibility index (Phi) is 6.02. The fourth-order valence-electron chi connectivity index (χ4n) is 2.48. The molecule has 1 amide bonds. The van der Waals surface area contributed by atoms with Crippen LogP contribution in [0.4, 0.5) is 5.69 Å². The van der Waals surface area contributed by atoms with Crippen molar-refractivity contribution in [2.24, 2.45) is 0 Å². The van der Waals surface area contributed by atoms with E-state index < -0.39 is 11.6 Å². The topological polar surface area (TPSA) is 68.3 Å². The summed E-state index contributed by atoms with van der Waals surface area (Å²) in [6.07, 6.45) is 1.65. The summed E-state index contributed by atoms with van der Waals surface area (Å²) in [5.74, 6) is -0.757. The Hall–Kier alpha value is -2.03. The summed E-state index contributed by atoms with van der Waals surface area (Å²) < 4.78 is 10.6. The Bertz CT molecular complexity index is 1020. The molecule has 0 aliphatic carbocycles. The van der Waals surface area contributed by atoms with Gasteiger partial charge in [0.25, 0.3) is 5.91 Å². The SMILES string of the molecule is Cc1cnsc1C(=O)Nc1csc(-c2ccc(Br)cc2)c1C(=O)OC(C)(C)C. The fraction of sp³-hybridized carbons (Fsp3) is 0.250. The number of thiophene rings is 1. The zero-order valence-electron chi connectivity index (χ0n) is 15.8. The van der Waals surface area contributed by atoms with E-state index >= 15 is 0 Å². The van der Waals surface area contributed by atoms with Crippen molar-refractivity contribution >= 4 is 56.4 Å². The minimum atomic E-state index is -0.647. The van der Waals surface area contributed by atoms with Crippen LogP contribution in [0, 0.1) is 6.92 Å². The highest BCUT2D eigenvalue weighted by atomic mass is 79.9. The highest BCUT2D eigenvalue weighted by Crippen LogP contribution is 2.38. The smallest absolute Gasteiger partial charge is 0.342 e. The van der Waals surface area contributed by atoms with Crippen molar-refractivity contribution in [2.75, 3.05) is 5.32 Å². The molecular weight excluding hydrogens is 460 g/mol. The van der Waals surface area contributed by atoms with Gasteiger partial charge in [-0.25, -0.2) is 9.17 Å². The third-order valence-corrected chi connectivity index (χ3v) is 6.16. The van der Waals surface area contributed by atoms with Gasteiger partial charge < -0.3 is 10.1 Å². The predicted molar refractivity (Wildman–Crippen MR) is 117 cm³/mol. The zero-order valence-corrected chi connectivity index (χ0v) is 19.0. The third-order valence-electron chi connectivity index (χ3n) is 3.70. The number of amides is 1. The number of esters is 1. The molecule has 0 spiro atoms. The largest absolute Gasteiger partial charge is 0.456 e. The molecule has 3 rings (SSSR count). The number of ether oxygens (including phenoxy) is 1. The number of benzene rings is 1. The van der Waals surface area contributed by atoms with Crippen LogP contribution in [0.15, 0.2) is 40.3 Å². The minimum Gasteiger partial charge on any atom is -0.456 e. The number of halogens is 1. The molecule has 2 heterocycles. The van der Waals surface area contributed by atoms with E-state index in [-0.39, 0.29) is 5.91 Å². The molecule has 8 heteroatoms. The van der Waals surface area contributed by atoms with Crippen molar-refractivity contribution in [3.8, 4) is 10.4 Å². The molecule has 0 fully saturated rings. The van der Waals surface area contributed by atoms with Gasteiger partial charge in [-0.1, -0.05) is 28.1 Å². The van der Waals surface area contributed by atoms with Crippen molar-refractivity contribution in [3.05, 3.63) is 56.3 Å². The molecule has 0 saturated carbocycles. The molecule has 2 aromatic heterocycles. The second-order valence-electron chi connectivity index (χ2n) is 7.15. The van der Waals surface area contributed by atoms with Crippen LogP contribution in [-0.4, -0.2) is 21.9 Å². The molecule has 1 N–H and O–H groups in total. The Morgan fingerprint density at radius 3 is 2.43 bits per heavy atom. The van der Waals surface area contributed by atoms with Crippen LogP contribution >= 0.6 is 38.8 Å². The summed E-state index contributed by atoms with van der Waals surface area (Å²) in [6.45, 7) is 7.27. The van der Waals surface area contributed by atoms with Crippen molar-refractivity contribution in [3.63, 3.8) is 0 Å². The summed E-state index contributed by atoms with van der Waals surface area (Å²) in [6, 6.07) is 7.66. The molecule has 146 valence electrons. The molecule has 0 saturated heterocycles. The monoisotopic (exact) mass is 478 g/mol. The van der Waals surface area contributed by atoms with Crippen LogP contribution in [0.5, 0.6) is 0 Å². The van der Waals surface area contributed by atoms with Gasteiger partial charge in [-0.3, -0.25) is 4.79 Å². The van der Waals surface area contributed by atoms with Gasteiger partial charge in [0.1, 0.15) is 16.0 Å². The van der Waals surface area contributed by atoms with Crippen LogP contribution in [0.25, 0.3) is 10.4 Å². The number of nitrogens with zero attached hydrogens (tertiary/aromatic N) is 1. The summed E-state index contributed by atoms with van der Waals surface area (Å²) in [7, 11) is 0. The first-order valence-corrected chi connectivity index (χ1v) is 10.9. The molecule has 28 heavy (non-hydrogen) atoms. The first kappa shape index (κ1) is 20.7. The van der Waals surface area contributed by atoms with Crippen LogP contribution in [-0.2, 0) is 4.74 Å². The van der Waals surface area contributed by atoms with E-state index in [1.54, 1.807) is 11.6 Å². The van der Waals surface area contributed by atoms with Gasteiger partial charge >= 0.3 is 5.97 Å². The maximum Gasteiger partial charge on any atom is 0.342 e. The molecular formula is C20H19BrN2O3S2. The van der Waals surface area contributed by atoms with Crippen LogP contribution in [0.2, 0.25) is 0 Å². The van der Waals surface area contributed by atoms with E-state index in [9.17, 15) is 9.59 Å². The third kappa shape index (κ3) is 4.68. The molecule has 3 aromatic rings. The van der Waals surface area contributed by atoms with Gasteiger partial charge in [-0.15, -0.1) is 11.3 Å². The highest BCUT2D eigenvalue weighted by Gasteiger charge is 2.27. The number of carbonyl (C=O) groups is 2. The average molecular weight is 479 g/mol. The maximum atomic E-state index is 13.0. The molecule has 5 nitrogen and oxygen atoms in total. The van der Waals surface area contributed by atoms with Crippen molar-refractivity contribution in [1.29, 1.82) is 0 Å². The van der Waals surface area contributed by atoms with E-state index in [2.05, 4.69) is 25.6 Å². The van der Waals surface area contributed by atoms with Crippen molar-refractivity contribution < 1.29 is 14.3 Å². The van der Waals surface area contributed by atoms with E-state index in [0.29, 0.717) is 16.1 Å². The summed E-state index contributed by atoms with van der Waals surface area (Å²) >= 11 is 5.94. The number of nitrogens with one attached hydrogen (secondary N) is 1. The number of aromatic nitrogens is 1. The van der Waals surface area contributed by atoms with Crippen LogP contribution < -0.4 is 5.32 Å². The van der Waals surface area contributed by atoms with Gasteiger partial charge in [0, 0.05) is 16.0 Å². The van der Waals surface area contributed by atoms with E-state index in [1.807, 2.05) is 52.0 Å². The van der Waals surface area contributed by atoms with E-state index in [1.165, 1.54) is 11.3 Å². The second-order valence-corrected chi connectivity index (χ2v) is 9.75. The zero-order chi connectivity index (χ0) is 20.5. The predicted octanol–water partition coefficient (Wildman–Crippen LogP) is 6.15. The molecule has 0 bridgehead atoms. The standard InChI is InChI=1S/C20H19BrN2O3S2/c1-11-9-22-28-16(11)18(24)23-14-10-27-17(12-5-7-13(21)8-6-12)15(14)19(25)26-20(2,3)4/h5-10H,1-4H3,(H,23,24). The average Bonchev–Trinajstić information content (AvgIpc) is 3.20. The lowest BCUT2D eigenvalue weighted by Gasteiger charge is -2.20. The summed E-state index contributed by atoms with van der Waals surface area (Å²) in [5, 5.41) is 4.62. The Labute approximate surface area is 180 Å². The summed E-state index contributed by atoms with van der Waals surface area (Å²) in [5.41, 5.74) is 1.83. The highest BCUT2D eigenvalue weighted by molar-refractivity contribution is 9.10. The van der Waals surface area contributed by atoms with Gasteiger partial charge in [0.15, 0.2) is 0 Å². The quantitative estimate of drug-likeness (QED) is 0.456. The number of aryl methyl sites for hydroxylation is 1. The Balaban J connectivity index is 2.02. The van der Waals surface area contributed by atoms with Crippen LogP contribution in [0.1, 0.15) is 46.4 Å². The maximum absolute atomic E-state index is 13.0. The number of hydrogen-bond donors (Lipinski definition) is 1. The Morgan fingerprint density at radius 2 is 1.86 bits per heavy atom. The first-order chi connectivity index (χ1) is 13.2. The number of carbonyl (C=O) groups excluding carboxylic acids is 2. The Morgan fingerprint density at radius 1 is 1.18 bits per heavy atom. The van der Waals surface area contributed by atoms with Gasteiger partial charge in [0.2, 0.25) is 0 Å². The molecule has 0 unspecified atom stereocenters. The van der Waals surface area contributed by atoms with Gasteiger partial charge in [0.05, 0.1) is 10.6 Å². The molecule has 0 aliphatic heterocycles. The molecule has 1 aromatic carbocycles. The summed E-state index contributed by atoms with van der Waals surface area (Å²) in [4.78, 5) is 26.9. The molecule has 0 atom stereocenters. The fourth-order valence-corrected chi connectivity index (χ4v) is 4.39. The second kappa shape index (κ2) is 8.14.